The molecule has 1 N–H and O–H groups in total. The Morgan fingerprint density at radius 2 is 1.91 bits per heavy atom. The molecule has 0 aliphatic heterocycles. The Bertz CT molecular complexity index is 630. The molecule has 2 aromatic rings. The third-order valence-electron chi connectivity index (χ3n) is 3.11. The molecule has 0 atom stereocenters. The summed E-state index contributed by atoms with van der Waals surface area (Å²) in [5.74, 6) is 0.319. The first kappa shape index (κ1) is 17.0. The van der Waals surface area contributed by atoms with Gasteiger partial charge in [-0.1, -0.05) is 51.2 Å². The van der Waals surface area contributed by atoms with Gasteiger partial charge in [0.25, 0.3) is 0 Å². The summed E-state index contributed by atoms with van der Waals surface area (Å²) >= 11 is 2.95. The van der Waals surface area contributed by atoms with Crippen LogP contribution in [0.5, 0.6) is 0 Å². The molecule has 0 saturated carbocycles. The fraction of sp³-hybridized carbons (Fsp3) is 0.438. The second-order valence-electron chi connectivity index (χ2n) is 5.97. The molecule has 0 bridgehead atoms. The van der Waals surface area contributed by atoms with Crippen LogP contribution in [0.15, 0.2) is 29.2 Å². The highest BCUT2D eigenvalue weighted by Crippen LogP contribution is 2.25. The summed E-state index contributed by atoms with van der Waals surface area (Å²) in [6, 6.07) is 8.38. The van der Waals surface area contributed by atoms with Gasteiger partial charge in [0.05, 0.1) is 5.75 Å². The molecule has 1 aromatic carbocycles. The molecular weight excluding hydrogens is 314 g/mol. The van der Waals surface area contributed by atoms with Crippen molar-refractivity contribution in [3.63, 3.8) is 0 Å². The van der Waals surface area contributed by atoms with Gasteiger partial charge in [0.2, 0.25) is 11.0 Å². The molecule has 6 heteroatoms. The first-order chi connectivity index (χ1) is 10.4. The van der Waals surface area contributed by atoms with E-state index >= 15 is 0 Å². The van der Waals surface area contributed by atoms with E-state index in [4.69, 9.17) is 0 Å². The first-order valence-electron chi connectivity index (χ1n) is 7.24. The van der Waals surface area contributed by atoms with Gasteiger partial charge in [0.1, 0.15) is 5.01 Å². The lowest BCUT2D eigenvalue weighted by Crippen LogP contribution is -2.14. The number of nitrogens with zero attached hydrogens (tertiary/aromatic N) is 2. The van der Waals surface area contributed by atoms with Crippen molar-refractivity contribution in [3.8, 4) is 0 Å². The minimum absolute atomic E-state index is 0.0521. The van der Waals surface area contributed by atoms with Crippen molar-refractivity contribution in [2.75, 3.05) is 11.1 Å². The van der Waals surface area contributed by atoms with Crippen molar-refractivity contribution in [1.29, 1.82) is 0 Å². The maximum Gasteiger partial charge on any atom is 0.236 e. The van der Waals surface area contributed by atoms with Crippen LogP contribution in [0.2, 0.25) is 0 Å². The van der Waals surface area contributed by atoms with E-state index in [0.717, 1.165) is 16.3 Å². The van der Waals surface area contributed by atoms with E-state index in [0.29, 0.717) is 10.9 Å². The minimum Gasteiger partial charge on any atom is -0.300 e. The Morgan fingerprint density at radius 3 is 2.45 bits per heavy atom. The standard InChI is InChI=1S/C16H21N3OS2/c1-5-14-18-19-15(22-14)17-13(20)10-21-12-8-6-11(7-9-12)16(2,3)4/h6-9H,5,10H2,1-4H3,(H,17,19,20). The van der Waals surface area contributed by atoms with Crippen molar-refractivity contribution < 1.29 is 4.79 Å². The van der Waals surface area contributed by atoms with Gasteiger partial charge in [0, 0.05) is 4.90 Å². The van der Waals surface area contributed by atoms with Gasteiger partial charge in [0.15, 0.2) is 0 Å². The second kappa shape index (κ2) is 7.24. The van der Waals surface area contributed by atoms with E-state index in [1.165, 1.54) is 28.7 Å². The summed E-state index contributed by atoms with van der Waals surface area (Å²) < 4.78 is 0. The lowest BCUT2D eigenvalue weighted by Gasteiger charge is -2.19. The highest BCUT2D eigenvalue weighted by Gasteiger charge is 2.13. The number of aryl methyl sites for hydroxylation is 1. The largest absolute Gasteiger partial charge is 0.300 e. The van der Waals surface area contributed by atoms with E-state index in [2.05, 4.69) is 60.6 Å². The third-order valence-corrected chi connectivity index (χ3v) is 5.10. The molecule has 118 valence electrons. The fourth-order valence-corrected chi connectivity index (χ4v) is 3.20. The van der Waals surface area contributed by atoms with Crippen LogP contribution >= 0.6 is 23.1 Å². The van der Waals surface area contributed by atoms with Gasteiger partial charge in [-0.3, -0.25) is 10.1 Å². The number of carbonyl (C=O) groups is 1. The maximum absolute atomic E-state index is 11.9. The van der Waals surface area contributed by atoms with Crippen molar-refractivity contribution in [2.45, 2.75) is 44.4 Å². The van der Waals surface area contributed by atoms with Crippen molar-refractivity contribution in [1.82, 2.24) is 10.2 Å². The van der Waals surface area contributed by atoms with Gasteiger partial charge < -0.3 is 0 Å². The predicted octanol–water partition coefficient (Wildman–Crippen LogP) is 4.13. The molecule has 4 nitrogen and oxygen atoms in total. The number of rotatable bonds is 5. The zero-order valence-electron chi connectivity index (χ0n) is 13.3. The van der Waals surface area contributed by atoms with Crippen molar-refractivity contribution in [2.24, 2.45) is 0 Å². The SMILES string of the molecule is CCc1nnc(NC(=O)CSc2ccc(C(C)(C)C)cc2)s1. The fourth-order valence-electron chi connectivity index (χ4n) is 1.80. The Kier molecular flexibility index (Phi) is 5.58. The molecule has 0 radical (unpaired) electrons. The molecule has 0 aliphatic carbocycles. The third kappa shape index (κ3) is 4.81. The summed E-state index contributed by atoms with van der Waals surface area (Å²) in [5, 5.41) is 12.2. The Balaban J connectivity index is 1.85. The Hall–Kier alpha value is -1.40. The van der Waals surface area contributed by atoms with Crippen LogP contribution < -0.4 is 5.32 Å². The number of benzene rings is 1. The van der Waals surface area contributed by atoms with Crippen LogP contribution in [-0.2, 0) is 16.6 Å². The summed E-state index contributed by atoms with van der Waals surface area (Å²) in [6.07, 6.45) is 0.836. The van der Waals surface area contributed by atoms with Crippen LogP contribution in [-0.4, -0.2) is 21.9 Å². The van der Waals surface area contributed by atoms with E-state index < -0.39 is 0 Å². The smallest absolute Gasteiger partial charge is 0.236 e. The second-order valence-corrected chi connectivity index (χ2v) is 8.08. The topological polar surface area (TPSA) is 54.9 Å². The number of amides is 1. The molecule has 0 spiro atoms. The predicted molar refractivity (Wildman–Crippen MR) is 93.8 cm³/mol. The number of anilines is 1. The Morgan fingerprint density at radius 1 is 1.23 bits per heavy atom. The molecule has 22 heavy (non-hydrogen) atoms. The van der Waals surface area contributed by atoms with Crippen LogP contribution in [0.1, 0.15) is 38.3 Å². The molecule has 0 fully saturated rings. The normalized spacial score (nSPS) is 11.5. The number of hydrogen-bond acceptors (Lipinski definition) is 5. The molecule has 0 aliphatic rings. The number of carbonyl (C=O) groups excluding carboxylic acids is 1. The first-order valence-corrected chi connectivity index (χ1v) is 9.04. The average molecular weight is 335 g/mol. The van der Waals surface area contributed by atoms with Gasteiger partial charge in [-0.2, -0.15) is 0 Å². The number of aromatic nitrogens is 2. The highest BCUT2D eigenvalue weighted by atomic mass is 32.2. The van der Waals surface area contributed by atoms with Crippen LogP contribution in [0.4, 0.5) is 5.13 Å². The van der Waals surface area contributed by atoms with Crippen molar-refractivity contribution in [3.05, 3.63) is 34.8 Å². The molecule has 0 unspecified atom stereocenters. The summed E-state index contributed by atoms with van der Waals surface area (Å²) in [4.78, 5) is 13.0. The van der Waals surface area contributed by atoms with Gasteiger partial charge in [-0.15, -0.1) is 22.0 Å². The van der Waals surface area contributed by atoms with Crippen LogP contribution in [0.3, 0.4) is 0 Å². The minimum atomic E-state index is -0.0521. The maximum atomic E-state index is 11.9. The summed E-state index contributed by atoms with van der Waals surface area (Å²) in [6.45, 7) is 8.59. The van der Waals surface area contributed by atoms with E-state index in [9.17, 15) is 4.79 Å². The average Bonchev–Trinajstić information content (AvgIpc) is 2.92. The molecule has 0 saturated heterocycles. The van der Waals surface area contributed by atoms with E-state index in [1.54, 1.807) is 0 Å². The van der Waals surface area contributed by atoms with Crippen LogP contribution in [0.25, 0.3) is 0 Å². The van der Waals surface area contributed by atoms with E-state index in [1.807, 2.05) is 6.92 Å². The van der Waals surface area contributed by atoms with Gasteiger partial charge >= 0.3 is 0 Å². The molecular formula is C16H21N3OS2. The molecule has 1 aromatic heterocycles. The van der Waals surface area contributed by atoms with Gasteiger partial charge in [-0.05, 0) is 29.5 Å². The summed E-state index contributed by atoms with van der Waals surface area (Å²) in [5.41, 5.74) is 1.44. The monoisotopic (exact) mass is 335 g/mol. The van der Waals surface area contributed by atoms with Gasteiger partial charge in [-0.25, -0.2) is 0 Å². The zero-order valence-corrected chi connectivity index (χ0v) is 15.0. The molecule has 1 amide bonds. The molecule has 2 rings (SSSR count). The van der Waals surface area contributed by atoms with Crippen LogP contribution in [0, 0.1) is 0 Å². The number of nitrogens with one attached hydrogen (secondary N) is 1. The summed E-state index contributed by atoms with van der Waals surface area (Å²) in [7, 11) is 0. The lowest BCUT2D eigenvalue weighted by molar-refractivity contribution is -0.113. The molecule has 1 heterocycles. The zero-order chi connectivity index (χ0) is 16.2. The van der Waals surface area contributed by atoms with Crippen molar-refractivity contribution >= 4 is 34.1 Å². The lowest BCUT2D eigenvalue weighted by atomic mass is 9.87. The Labute approximate surface area is 139 Å². The highest BCUT2D eigenvalue weighted by molar-refractivity contribution is 8.00. The number of thioether (sulfide) groups is 1. The van der Waals surface area contributed by atoms with E-state index in [-0.39, 0.29) is 11.3 Å². The quantitative estimate of drug-likeness (QED) is 0.835. The number of hydrogen-bond donors (Lipinski definition) is 1.